The van der Waals surface area contributed by atoms with Crippen LogP contribution in [0.25, 0.3) is 16.8 Å². The number of hydrogen-bond acceptors (Lipinski definition) is 5. The van der Waals surface area contributed by atoms with E-state index in [2.05, 4.69) is 17.2 Å². The average Bonchev–Trinajstić information content (AvgIpc) is 2.89. The van der Waals surface area contributed by atoms with Crippen molar-refractivity contribution in [2.24, 2.45) is 5.73 Å². The number of fused-ring (bicyclic) bond motifs is 1. The number of anilines is 1. The molecule has 0 heterocycles. The lowest BCUT2D eigenvalue weighted by Gasteiger charge is -2.43. The number of nitrogens with one attached hydrogen (secondary N) is 2. The third-order valence-electron chi connectivity index (χ3n) is 7.12. The van der Waals surface area contributed by atoms with Crippen LogP contribution in [-0.2, 0) is 19.1 Å². The summed E-state index contributed by atoms with van der Waals surface area (Å²) in [5.74, 6) is -1.79. The topological polar surface area (TPSA) is 131 Å². The van der Waals surface area contributed by atoms with Crippen LogP contribution in [0.1, 0.15) is 63.6 Å². The Labute approximate surface area is 246 Å². The zero-order valence-corrected chi connectivity index (χ0v) is 24.3. The van der Waals surface area contributed by atoms with E-state index in [-0.39, 0.29) is 6.04 Å². The number of amides is 4. The second kappa shape index (κ2) is 12.9. The van der Waals surface area contributed by atoms with Crippen LogP contribution in [0.5, 0.6) is 0 Å². The minimum absolute atomic E-state index is 0.284. The molecule has 1 aliphatic rings. The molecule has 3 aromatic rings. The fraction of sp³-hybridized carbons (Fsp3) is 0.333. The van der Waals surface area contributed by atoms with Gasteiger partial charge in [0.25, 0.3) is 5.91 Å². The van der Waals surface area contributed by atoms with Gasteiger partial charge in [-0.25, -0.2) is 4.79 Å². The van der Waals surface area contributed by atoms with Crippen LogP contribution in [0.3, 0.4) is 0 Å². The lowest BCUT2D eigenvalue weighted by Crippen LogP contribution is -2.57. The first-order valence-electron chi connectivity index (χ1n) is 14.1. The maximum Gasteiger partial charge on any atom is 0.408 e. The summed E-state index contributed by atoms with van der Waals surface area (Å²) in [6.07, 6.45) is 2.57. The predicted octanol–water partition coefficient (Wildman–Crippen LogP) is 5.31. The molecule has 0 aromatic heterocycles. The lowest BCUT2D eigenvalue weighted by atomic mass is 9.87. The van der Waals surface area contributed by atoms with Gasteiger partial charge in [0.1, 0.15) is 17.7 Å². The molecule has 4 amide bonds. The molecule has 4 rings (SSSR count). The van der Waals surface area contributed by atoms with E-state index in [4.69, 9.17) is 10.5 Å². The van der Waals surface area contributed by atoms with Crippen LogP contribution < -0.4 is 16.4 Å². The Bertz CT molecular complexity index is 1490. The van der Waals surface area contributed by atoms with E-state index in [9.17, 15) is 19.2 Å². The predicted molar refractivity (Wildman–Crippen MR) is 163 cm³/mol. The van der Waals surface area contributed by atoms with Crippen molar-refractivity contribution in [1.29, 1.82) is 0 Å². The molecular weight excluding hydrogens is 532 g/mol. The normalized spacial score (nSPS) is 14.6. The molecule has 2 atom stereocenters. The molecule has 4 N–H and O–H groups in total. The standard InChI is InChI=1S/C33H38N4O5/c1-5-21-10-8-13-24(18-21)29(30(39)35-25-17-16-22-11-6-7-12-23(22)19-25)37(26-14-9-15-26)31(40)27(20-28(34)38)36-32(41)42-33(2,3)4/h5-8,10-13,16-19,26-27,29H,1,9,14-15,20H2,2-4H3,(H2,34,38)(H,35,39)(H,36,41). The highest BCUT2D eigenvalue weighted by Gasteiger charge is 2.42. The van der Waals surface area contributed by atoms with E-state index < -0.39 is 47.9 Å². The van der Waals surface area contributed by atoms with Gasteiger partial charge in [-0.15, -0.1) is 0 Å². The summed E-state index contributed by atoms with van der Waals surface area (Å²) in [6, 6.07) is 18.0. The number of benzene rings is 3. The molecule has 0 bridgehead atoms. The molecule has 3 aromatic carbocycles. The highest BCUT2D eigenvalue weighted by molar-refractivity contribution is 6.01. The Morgan fingerprint density at radius 2 is 1.74 bits per heavy atom. The minimum Gasteiger partial charge on any atom is -0.444 e. The molecule has 1 fully saturated rings. The van der Waals surface area contributed by atoms with Crippen LogP contribution in [0.4, 0.5) is 10.5 Å². The quantitative estimate of drug-likeness (QED) is 0.304. The van der Waals surface area contributed by atoms with Crippen molar-refractivity contribution in [3.05, 3.63) is 84.4 Å². The monoisotopic (exact) mass is 570 g/mol. The fourth-order valence-electron chi connectivity index (χ4n) is 4.99. The Morgan fingerprint density at radius 1 is 1.02 bits per heavy atom. The van der Waals surface area contributed by atoms with Crippen LogP contribution in [-0.4, -0.2) is 46.4 Å². The van der Waals surface area contributed by atoms with Gasteiger partial charge in [-0.05, 0) is 80.1 Å². The first kappa shape index (κ1) is 30.3. The van der Waals surface area contributed by atoms with E-state index in [1.807, 2.05) is 48.5 Å². The Kier molecular flexibility index (Phi) is 9.30. The summed E-state index contributed by atoms with van der Waals surface area (Å²) < 4.78 is 5.35. The van der Waals surface area contributed by atoms with Gasteiger partial charge in [0.2, 0.25) is 11.8 Å². The first-order valence-corrected chi connectivity index (χ1v) is 14.1. The first-order chi connectivity index (χ1) is 19.9. The maximum absolute atomic E-state index is 14.3. The number of primary amides is 1. The number of nitrogens with two attached hydrogens (primary N) is 1. The van der Waals surface area contributed by atoms with Gasteiger partial charge in [0.05, 0.1) is 6.42 Å². The molecule has 0 spiro atoms. The summed E-state index contributed by atoms with van der Waals surface area (Å²) in [6.45, 7) is 8.92. The van der Waals surface area contributed by atoms with Crippen molar-refractivity contribution in [2.75, 3.05) is 5.32 Å². The average molecular weight is 571 g/mol. The number of ether oxygens (including phenoxy) is 1. The lowest BCUT2D eigenvalue weighted by molar-refractivity contribution is -0.146. The van der Waals surface area contributed by atoms with Crippen LogP contribution in [0.2, 0.25) is 0 Å². The summed E-state index contributed by atoms with van der Waals surface area (Å²) in [4.78, 5) is 54.6. The molecule has 9 heteroatoms. The van der Waals surface area contributed by atoms with E-state index in [1.54, 1.807) is 45.0 Å². The van der Waals surface area contributed by atoms with Gasteiger partial charge in [-0.2, -0.15) is 0 Å². The molecular formula is C33H38N4O5. The van der Waals surface area contributed by atoms with Crippen molar-refractivity contribution in [2.45, 2.75) is 70.2 Å². The highest BCUT2D eigenvalue weighted by Crippen LogP contribution is 2.35. The molecule has 9 nitrogen and oxygen atoms in total. The number of carbonyl (C=O) groups excluding carboxylic acids is 4. The highest BCUT2D eigenvalue weighted by atomic mass is 16.6. The molecule has 0 aliphatic heterocycles. The molecule has 1 saturated carbocycles. The Hall–Kier alpha value is -4.66. The van der Waals surface area contributed by atoms with E-state index >= 15 is 0 Å². The third-order valence-corrected chi connectivity index (χ3v) is 7.12. The van der Waals surface area contributed by atoms with Crippen molar-refractivity contribution < 1.29 is 23.9 Å². The van der Waals surface area contributed by atoms with E-state index in [0.29, 0.717) is 24.1 Å². The Balaban J connectivity index is 1.74. The number of alkyl carbamates (subject to hydrolysis) is 1. The summed E-state index contributed by atoms with van der Waals surface area (Å²) in [7, 11) is 0. The zero-order valence-electron chi connectivity index (χ0n) is 24.3. The number of nitrogens with zero attached hydrogens (tertiary/aromatic N) is 1. The Morgan fingerprint density at radius 3 is 2.36 bits per heavy atom. The molecule has 0 saturated heterocycles. The smallest absolute Gasteiger partial charge is 0.408 e. The van der Waals surface area contributed by atoms with Gasteiger partial charge in [0.15, 0.2) is 0 Å². The summed E-state index contributed by atoms with van der Waals surface area (Å²) >= 11 is 0. The van der Waals surface area contributed by atoms with Crippen LogP contribution in [0, 0.1) is 0 Å². The van der Waals surface area contributed by atoms with Crippen molar-refractivity contribution >= 4 is 46.4 Å². The fourth-order valence-corrected chi connectivity index (χ4v) is 4.99. The van der Waals surface area contributed by atoms with Crippen LogP contribution in [0.15, 0.2) is 73.3 Å². The minimum atomic E-state index is -1.32. The second-order valence-corrected chi connectivity index (χ2v) is 11.5. The third kappa shape index (κ3) is 7.54. The summed E-state index contributed by atoms with van der Waals surface area (Å²) in [5, 5.41) is 7.50. The van der Waals surface area contributed by atoms with Crippen molar-refractivity contribution in [1.82, 2.24) is 10.2 Å². The number of rotatable bonds is 10. The van der Waals surface area contributed by atoms with Gasteiger partial charge in [-0.1, -0.05) is 61.2 Å². The molecule has 1 aliphatic carbocycles. The molecule has 2 unspecified atom stereocenters. The van der Waals surface area contributed by atoms with Gasteiger partial charge < -0.3 is 26.0 Å². The van der Waals surface area contributed by atoms with Crippen molar-refractivity contribution in [3.63, 3.8) is 0 Å². The van der Waals surface area contributed by atoms with Gasteiger partial charge in [-0.3, -0.25) is 14.4 Å². The molecule has 220 valence electrons. The van der Waals surface area contributed by atoms with E-state index in [1.165, 1.54) is 4.90 Å². The van der Waals surface area contributed by atoms with Crippen LogP contribution >= 0.6 is 0 Å². The zero-order chi connectivity index (χ0) is 30.4. The molecule has 0 radical (unpaired) electrons. The number of hydrogen-bond donors (Lipinski definition) is 3. The maximum atomic E-state index is 14.3. The summed E-state index contributed by atoms with van der Waals surface area (Å²) in [5.41, 5.74) is 6.59. The second-order valence-electron chi connectivity index (χ2n) is 11.5. The molecule has 42 heavy (non-hydrogen) atoms. The number of carbonyl (C=O) groups is 4. The van der Waals surface area contributed by atoms with Gasteiger partial charge in [0, 0.05) is 11.7 Å². The van der Waals surface area contributed by atoms with Crippen molar-refractivity contribution in [3.8, 4) is 0 Å². The van der Waals surface area contributed by atoms with Gasteiger partial charge >= 0.3 is 6.09 Å². The SMILES string of the molecule is C=Cc1cccc(C(C(=O)Nc2ccc3ccccc3c2)N(C(=O)C(CC(N)=O)NC(=O)OC(C)(C)C)C2CCC2)c1. The largest absolute Gasteiger partial charge is 0.444 e. The van der Waals surface area contributed by atoms with E-state index in [0.717, 1.165) is 22.8 Å².